The molecule has 0 amide bonds. The molecule has 1 fully saturated rings. The van der Waals surface area contributed by atoms with Crippen LogP contribution >= 0.6 is 0 Å². The first-order valence-corrected chi connectivity index (χ1v) is 13.8. The van der Waals surface area contributed by atoms with Crippen LogP contribution in [0.15, 0.2) is 60.9 Å². The second kappa shape index (κ2) is 14.0. The molecule has 2 aromatic carbocycles. The maximum Gasteiger partial charge on any atom is 0.416 e. The highest BCUT2D eigenvalue weighted by Crippen LogP contribution is 2.34. The van der Waals surface area contributed by atoms with E-state index in [4.69, 9.17) is 0 Å². The second-order valence-corrected chi connectivity index (χ2v) is 10.2. The number of unbranched alkanes of at least 4 members (excludes halogenated alkanes) is 7. The molecule has 8 heteroatoms. The summed E-state index contributed by atoms with van der Waals surface area (Å²) in [6.45, 7) is 0.934. The first-order valence-electron chi connectivity index (χ1n) is 13.8. The van der Waals surface area contributed by atoms with E-state index in [1.165, 1.54) is 76.6 Å². The van der Waals surface area contributed by atoms with Crippen molar-refractivity contribution in [1.29, 1.82) is 0 Å². The Bertz CT molecular complexity index is 1130. The van der Waals surface area contributed by atoms with Gasteiger partial charge >= 0.3 is 6.18 Å². The molecule has 0 bridgehead atoms. The quantitative estimate of drug-likeness (QED) is 0.163. The highest BCUT2D eigenvalue weighted by molar-refractivity contribution is 5.65. The Morgan fingerprint density at radius 2 is 1.26 bits per heavy atom. The average Bonchev–Trinajstić information content (AvgIpc) is 3.72. The summed E-state index contributed by atoms with van der Waals surface area (Å²) in [4.78, 5) is 8.37. The van der Waals surface area contributed by atoms with Crippen LogP contribution in [0.2, 0.25) is 0 Å². The number of anilines is 5. The highest BCUT2D eigenvalue weighted by Gasteiger charge is 2.30. The minimum absolute atomic E-state index is 0.305. The molecule has 0 unspecified atom stereocenters. The summed E-state index contributed by atoms with van der Waals surface area (Å²) in [5.74, 6) is 2.01. The summed E-state index contributed by atoms with van der Waals surface area (Å²) in [7, 11) is 0. The van der Waals surface area contributed by atoms with Gasteiger partial charge in [-0.25, -0.2) is 9.97 Å². The Balaban J connectivity index is 1.16. The van der Waals surface area contributed by atoms with Gasteiger partial charge < -0.3 is 16.0 Å². The van der Waals surface area contributed by atoms with Gasteiger partial charge in [-0.15, -0.1) is 0 Å². The van der Waals surface area contributed by atoms with Crippen LogP contribution in [0.1, 0.15) is 76.2 Å². The minimum Gasteiger partial charge on any atom is -0.385 e. The van der Waals surface area contributed by atoms with Crippen molar-refractivity contribution in [3.05, 3.63) is 66.5 Å². The molecule has 38 heavy (non-hydrogen) atoms. The van der Waals surface area contributed by atoms with Crippen LogP contribution < -0.4 is 16.0 Å². The van der Waals surface area contributed by atoms with Gasteiger partial charge in [0.05, 0.1) is 5.56 Å². The lowest BCUT2D eigenvalue weighted by atomic mass is 10.1. The first-order chi connectivity index (χ1) is 18.5. The average molecular weight is 526 g/mol. The predicted octanol–water partition coefficient (Wildman–Crippen LogP) is 9.32. The Morgan fingerprint density at radius 3 is 1.92 bits per heavy atom. The van der Waals surface area contributed by atoms with Gasteiger partial charge in [-0.3, -0.25) is 0 Å². The van der Waals surface area contributed by atoms with Crippen molar-refractivity contribution in [1.82, 2.24) is 9.97 Å². The van der Waals surface area contributed by atoms with E-state index in [1.807, 2.05) is 24.3 Å². The zero-order chi connectivity index (χ0) is 26.6. The van der Waals surface area contributed by atoms with E-state index in [9.17, 15) is 13.2 Å². The summed E-state index contributed by atoms with van der Waals surface area (Å²) in [5, 5.41) is 9.65. The number of halogens is 3. The molecule has 0 aliphatic heterocycles. The largest absolute Gasteiger partial charge is 0.416 e. The molecule has 0 radical (unpaired) electrons. The van der Waals surface area contributed by atoms with Gasteiger partial charge in [0.2, 0.25) is 0 Å². The van der Waals surface area contributed by atoms with Gasteiger partial charge in [-0.1, -0.05) is 76.3 Å². The maximum absolute atomic E-state index is 13.0. The van der Waals surface area contributed by atoms with Gasteiger partial charge in [0.1, 0.15) is 18.0 Å². The standard InChI is InChI=1S/C30H38F3N5/c31-30(32,33)24-12-9-14-26(19-24)37-28-21-29(36-22-35-28)38-27-15-10-13-25(20-27)34-18-8-6-4-2-1-3-5-7-11-23-16-17-23/h9-10,12-15,19-23,34H,1-8,11,16-18H2,(H2,35,36,37,38). The number of hydrogen-bond acceptors (Lipinski definition) is 5. The van der Waals surface area contributed by atoms with Crippen molar-refractivity contribution in [2.75, 3.05) is 22.5 Å². The van der Waals surface area contributed by atoms with Crippen molar-refractivity contribution in [2.45, 2.75) is 76.8 Å². The van der Waals surface area contributed by atoms with E-state index in [-0.39, 0.29) is 0 Å². The molecular formula is C30H38F3N5. The summed E-state index contributed by atoms with van der Waals surface area (Å²) in [5.41, 5.74) is 1.48. The summed E-state index contributed by atoms with van der Waals surface area (Å²) in [6, 6.07) is 14.6. The Hall–Kier alpha value is -3.29. The van der Waals surface area contributed by atoms with E-state index in [0.717, 1.165) is 42.4 Å². The van der Waals surface area contributed by atoms with Crippen molar-refractivity contribution in [3.8, 4) is 0 Å². The van der Waals surface area contributed by atoms with Gasteiger partial charge in [0, 0.05) is 29.7 Å². The fraction of sp³-hybridized carbons (Fsp3) is 0.467. The van der Waals surface area contributed by atoms with Crippen LogP contribution in [0.4, 0.5) is 41.9 Å². The molecule has 0 spiro atoms. The van der Waals surface area contributed by atoms with Crippen molar-refractivity contribution >= 4 is 28.7 Å². The van der Waals surface area contributed by atoms with Crippen LogP contribution in [0, 0.1) is 5.92 Å². The Kier molecular flexibility index (Phi) is 10.2. The van der Waals surface area contributed by atoms with Gasteiger partial charge in [0.15, 0.2) is 0 Å². The number of rotatable bonds is 16. The van der Waals surface area contributed by atoms with Crippen LogP contribution in [0.5, 0.6) is 0 Å². The fourth-order valence-corrected chi connectivity index (χ4v) is 4.53. The maximum atomic E-state index is 13.0. The zero-order valence-corrected chi connectivity index (χ0v) is 21.9. The van der Waals surface area contributed by atoms with E-state index in [2.05, 4.69) is 25.9 Å². The summed E-state index contributed by atoms with van der Waals surface area (Å²) in [6.07, 6.45) is 12.0. The fourth-order valence-electron chi connectivity index (χ4n) is 4.53. The van der Waals surface area contributed by atoms with E-state index in [0.29, 0.717) is 17.3 Å². The molecular weight excluding hydrogens is 487 g/mol. The molecule has 4 rings (SSSR count). The summed E-state index contributed by atoms with van der Waals surface area (Å²) >= 11 is 0. The van der Waals surface area contributed by atoms with Crippen LogP contribution in [0.3, 0.4) is 0 Å². The molecule has 3 N–H and O–H groups in total. The van der Waals surface area contributed by atoms with Gasteiger partial charge in [0.25, 0.3) is 0 Å². The third-order valence-electron chi connectivity index (χ3n) is 6.83. The topological polar surface area (TPSA) is 61.9 Å². The molecule has 204 valence electrons. The zero-order valence-electron chi connectivity index (χ0n) is 21.9. The smallest absolute Gasteiger partial charge is 0.385 e. The molecule has 1 aliphatic carbocycles. The Morgan fingerprint density at radius 1 is 0.684 bits per heavy atom. The lowest BCUT2D eigenvalue weighted by Crippen LogP contribution is -2.05. The number of hydrogen-bond donors (Lipinski definition) is 3. The number of alkyl halides is 3. The van der Waals surface area contributed by atoms with E-state index in [1.54, 1.807) is 12.1 Å². The lowest BCUT2D eigenvalue weighted by Gasteiger charge is -2.12. The second-order valence-electron chi connectivity index (χ2n) is 10.2. The number of nitrogens with zero attached hydrogens (tertiary/aromatic N) is 2. The first kappa shape index (κ1) is 27.7. The van der Waals surface area contributed by atoms with Gasteiger partial charge in [-0.2, -0.15) is 13.2 Å². The minimum atomic E-state index is -4.40. The highest BCUT2D eigenvalue weighted by atomic mass is 19.4. The SMILES string of the molecule is FC(F)(F)c1cccc(Nc2cc(Nc3cccc(NCCCCCCCCCCC4CC4)c3)ncn2)c1. The van der Waals surface area contributed by atoms with Crippen LogP contribution in [-0.2, 0) is 6.18 Å². The predicted molar refractivity (Wildman–Crippen MR) is 149 cm³/mol. The monoisotopic (exact) mass is 525 g/mol. The summed E-state index contributed by atoms with van der Waals surface area (Å²) < 4.78 is 39.0. The van der Waals surface area contributed by atoms with E-state index >= 15 is 0 Å². The molecule has 3 aromatic rings. The lowest BCUT2D eigenvalue weighted by molar-refractivity contribution is -0.137. The number of aromatic nitrogens is 2. The molecule has 0 saturated heterocycles. The van der Waals surface area contributed by atoms with Crippen LogP contribution in [0.25, 0.3) is 0 Å². The molecule has 1 saturated carbocycles. The molecule has 1 aliphatic rings. The molecule has 5 nitrogen and oxygen atoms in total. The van der Waals surface area contributed by atoms with Crippen LogP contribution in [-0.4, -0.2) is 16.5 Å². The molecule has 1 heterocycles. The number of benzene rings is 2. The number of nitrogens with one attached hydrogen (secondary N) is 3. The third-order valence-corrected chi connectivity index (χ3v) is 6.83. The van der Waals surface area contributed by atoms with Crippen molar-refractivity contribution in [3.63, 3.8) is 0 Å². The molecule has 0 atom stereocenters. The molecule has 1 aromatic heterocycles. The van der Waals surface area contributed by atoms with Crippen molar-refractivity contribution in [2.24, 2.45) is 5.92 Å². The normalized spacial score (nSPS) is 13.3. The van der Waals surface area contributed by atoms with Crippen molar-refractivity contribution < 1.29 is 13.2 Å². The Labute approximate surface area is 223 Å². The third kappa shape index (κ3) is 9.88. The van der Waals surface area contributed by atoms with Gasteiger partial charge in [-0.05, 0) is 48.7 Å². The van der Waals surface area contributed by atoms with E-state index < -0.39 is 11.7 Å².